The quantitative estimate of drug-likeness (QED) is 0.779. The number of anilines is 1. The summed E-state index contributed by atoms with van der Waals surface area (Å²) in [5.74, 6) is 1.44. The highest BCUT2D eigenvalue weighted by atomic mass is 32.1. The summed E-state index contributed by atoms with van der Waals surface area (Å²) in [4.78, 5) is 5.10. The van der Waals surface area contributed by atoms with E-state index in [4.69, 9.17) is 9.47 Å². The van der Waals surface area contributed by atoms with Crippen molar-refractivity contribution in [1.82, 2.24) is 15.1 Å². The molecule has 4 rings (SSSR count). The molecular weight excluding hydrogens is 360 g/mol. The van der Waals surface area contributed by atoms with Gasteiger partial charge in [-0.05, 0) is 57.0 Å². The van der Waals surface area contributed by atoms with E-state index in [-0.39, 0.29) is 0 Å². The zero-order valence-electron chi connectivity index (χ0n) is 16.2. The molecule has 3 heterocycles. The van der Waals surface area contributed by atoms with Crippen LogP contribution in [-0.2, 0) is 0 Å². The molecule has 0 aliphatic carbocycles. The summed E-state index contributed by atoms with van der Waals surface area (Å²) in [6.45, 7) is 4.71. The lowest BCUT2D eigenvalue weighted by atomic mass is 10.0. The molecule has 1 aromatic carbocycles. The van der Waals surface area contributed by atoms with Crippen molar-refractivity contribution in [1.29, 1.82) is 0 Å². The van der Waals surface area contributed by atoms with Gasteiger partial charge >= 0.3 is 0 Å². The van der Waals surface area contributed by atoms with Crippen LogP contribution in [-0.4, -0.2) is 61.5 Å². The third-order valence-corrected chi connectivity index (χ3v) is 6.72. The van der Waals surface area contributed by atoms with Crippen molar-refractivity contribution in [3.8, 4) is 22.1 Å². The Morgan fingerprint density at radius 3 is 2.37 bits per heavy atom. The van der Waals surface area contributed by atoms with Gasteiger partial charge < -0.3 is 19.3 Å². The summed E-state index contributed by atoms with van der Waals surface area (Å²) >= 11 is 1.66. The number of likely N-dealkylation sites (tertiary alicyclic amines) is 1. The van der Waals surface area contributed by atoms with E-state index in [1.807, 2.05) is 18.2 Å². The maximum atomic E-state index is 5.41. The first kappa shape index (κ1) is 18.5. The first-order valence-electron chi connectivity index (χ1n) is 9.83. The molecule has 2 saturated heterocycles. The van der Waals surface area contributed by atoms with Crippen molar-refractivity contribution in [3.63, 3.8) is 0 Å². The van der Waals surface area contributed by atoms with E-state index in [1.165, 1.54) is 45.2 Å². The Balaban J connectivity index is 1.41. The van der Waals surface area contributed by atoms with Crippen LogP contribution in [0.2, 0.25) is 0 Å². The number of benzene rings is 1. The predicted octanol–water partition coefficient (Wildman–Crippen LogP) is 3.68. The normalized spacial score (nSPS) is 19.3. The van der Waals surface area contributed by atoms with Gasteiger partial charge in [0.25, 0.3) is 0 Å². The SMILES string of the molecule is COc1ccc(-c2nnc(N3CCC(N4CCCCC4)CC3)s2)cc1OC. The minimum Gasteiger partial charge on any atom is -0.493 e. The number of hydrogen-bond donors (Lipinski definition) is 0. The zero-order chi connectivity index (χ0) is 18.6. The number of nitrogens with zero attached hydrogens (tertiary/aromatic N) is 4. The van der Waals surface area contributed by atoms with E-state index in [0.717, 1.165) is 40.6 Å². The minimum atomic E-state index is 0.717. The Kier molecular flexibility index (Phi) is 5.78. The Bertz CT molecular complexity index is 752. The third-order valence-electron chi connectivity index (χ3n) is 5.69. The number of methoxy groups -OCH3 is 2. The Hall–Kier alpha value is -1.86. The highest BCUT2D eigenvalue weighted by molar-refractivity contribution is 7.18. The van der Waals surface area contributed by atoms with Crippen LogP contribution >= 0.6 is 11.3 Å². The van der Waals surface area contributed by atoms with Gasteiger partial charge in [0.2, 0.25) is 5.13 Å². The van der Waals surface area contributed by atoms with Crippen LogP contribution < -0.4 is 14.4 Å². The van der Waals surface area contributed by atoms with Crippen molar-refractivity contribution in [3.05, 3.63) is 18.2 Å². The van der Waals surface area contributed by atoms with E-state index in [0.29, 0.717) is 5.75 Å². The zero-order valence-corrected chi connectivity index (χ0v) is 17.0. The van der Waals surface area contributed by atoms with Gasteiger partial charge in [0.15, 0.2) is 11.5 Å². The van der Waals surface area contributed by atoms with Crippen LogP contribution in [0.15, 0.2) is 18.2 Å². The van der Waals surface area contributed by atoms with Crippen LogP contribution in [0.5, 0.6) is 11.5 Å². The van der Waals surface area contributed by atoms with Crippen LogP contribution in [0.3, 0.4) is 0 Å². The number of hydrogen-bond acceptors (Lipinski definition) is 7. The number of aromatic nitrogens is 2. The minimum absolute atomic E-state index is 0.717. The molecule has 0 saturated carbocycles. The average Bonchev–Trinajstić information content (AvgIpc) is 3.24. The van der Waals surface area contributed by atoms with Crippen molar-refractivity contribution < 1.29 is 9.47 Å². The molecule has 0 N–H and O–H groups in total. The lowest BCUT2D eigenvalue weighted by molar-refractivity contribution is 0.141. The fourth-order valence-electron chi connectivity index (χ4n) is 4.13. The van der Waals surface area contributed by atoms with Gasteiger partial charge in [-0.3, -0.25) is 0 Å². The van der Waals surface area contributed by atoms with Crippen molar-refractivity contribution in [2.24, 2.45) is 0 Å². The van der Waals surface area contributed by atoms with Gasteiger partial charge in [-0.2, -0.15) is 0 Å². The highest BCUT2D eigenvalue weighted by Gasteiger charge is 2.27. The predicted molar refractivity (Wildman–Crippen MR) is 109 cm³/mol. The number of rotatable bonds is 5. The fraction of sp³-hybridized carbons (Fsp3) is 0.600. The summed E-state index contributed by atoms with van der Waals surface area (Å²) in [5, 5.41) is 10.8. The number of piperidine rings is 2. The molecule has 0 unspecified atom stereocenters. The highest BCUT2D eigenvalue weighted by Crippen LogP contribution is 2.36. The van der Waals surface area contributed by atoms with Crippen molar-refractivity contribution in [2.75, 3.05) is 45.3 Å². The second-order valence-electron chi connectivity index (χ2n) is 7.27. The van der Waals surface area contributed by atoms with E-state index < -0.39 is 0 Å². The van der Waals surface area contributed by atoms with E-state index in [9.17, 15) is 0 Å². The van der Waals surface area contributed by atoms with Gasteiger partial charge in [-0.15, -0.1) is 10.2 Å². The smallest absolute Gasteiger partial charge is 0.208 e. The van der Waals surface area contributed by atoms with Crippen molar-refractivity contribution >= 4 is 16.5 Å². The second-order valence-corrected chi connectivity index (χ2v) is 8.23. The van der Waals surface area contributed by atoms with Crippen LogP contribution in [0.25, 0.3) is 10.6 Å². The van der Waals surface area contributed by atoms with Crippen LogP contribution in [0, 0.1) is 0 Å². The largest absolute Gasteiger partial charge is 0.493 e. The lowest BCUT2D eigenvalue weighted by Crippen LogP contribution is -2.46. The summed E-state index contributed by atoms with van der Waals surface area (Å²) < 4.78 is 10.7. The van der Waals surface area contributed by atoms with E-state index in [1.54, 1.807) is 25.6 Å². The molecule has 2 aromatic rings. The van der Waals surface area contributed by atoms with E-state index >= 15 is 0 Å². The lowest BCUT2D eigenvalue weighted by Gasteiger charge is -2.40. The summed E-state index contributed by atoms with van der Waals surface area (Å²) in [5.41, 5.74) is 1.01. The molecule has 0 bridgehead atoms. The molecular formula is C20H28N4O2S. The molecule has 0 radical (unpaired) electrons. The first-order chi connectivity index (χ1) is 13.3. The second kappa shape index (κ2) is 8.44. The van der Waals surface area contributed by atoms with Gasteiger partial charge in [0, 0.05) is 24.7 Å². The van der Waals surface area contributed by atoms with Crippen LogP contribution in [0.1, 0.15) is 32.1 Å². The molecule has 0 amide bonds. The molecule has 2 aliphatic rings. The van der Waals surface area contributed by atoms with Gasteiger partial charge in [0.05, 0.1) is 14.2 Å². The fourth-order valence-corrected chi connectivity index (χ4v) is 5.03. The average molecular weight is 389 g/mol. The Labute approximate surface area is 165 Å². The summed E-state index contributed by atoms with van der Waals surface area (Å²) in [6.07, 6.45) is 6.59. The van der Waals surface area contributed by atoms with Crippen LogP contribution in [0.4, 0.5) is 5.13 Å². The molecule has 6 nitrogen and oxygen atoms in total. The molecule has 1 aromatic heterocycles. The maximum absolute atomic E-state index is 5.41. The topological polar surface area (TPSA) is 50.7 Å². The Morgan fingerprint density at radius 1 is 0.926 bits per heavy atom. The molecule has 27 heavy (non-hydrogen) atoms. The standard InChI is InChI=1S/C20H28N4O2S/c1-25-17-7-6-15(14-18(17)26-2)19-21-22-20(27-19)24-12-8-16(9-13-24)23-10-4-3-5-11-23/h6-7,14,16H,3-5,8-13H2,1-2H3. The van der Waals surface area contributed by atoms with Crippen molar-refractivity contribution in [2.45, 2.75) is 38.1 Å². The Morgan fingerprint density at radius 2 is 1.67 bits per heavy atom. The van der Waals surface area contributed by atoms with Gasteiger partial charge in [-0.1, -0.05) is 17.8 Å². The number of ether oxygens (including phenoxy) is 2. The summed E-state index contributed by atoms with van der Waals surface area (Å²) in [6, 6.07) is 6.64. The molecule has 7 heteroatoms. The molecule has 2 aliphatic heterocycles. The first-order valence-corrected chi connectivity index (χ1v) is 10.6. The molecule has 0 spiro atoms. The third kappa shape index (κ3) is 4.04. The van der Waals surface area contributed by atoms with Gasteiger partial charge in [-0.25, -0.2) is 0 Å². The van der Waals surface area contributed by atoms with E-state index in [2.05, 4.69) is 20.0 Å². The van der Waals surface area contributed by atoms with Gasteiger partial charge in [0.1, 0.15) is 5.01 Å². The molecule has 0 atom stereocenters. The summed E-state index contributed by atoms with van der Waals surface area (Å²) in [7, 11) is 3.30. The maximum Gasteiger partial charge on any atom is 0.208 e. The molecule has 146 valence electrons. The monoisotopic (exact) mass is 388 g/mol. The molecule has 2 fully saturated rings.